The Hall–Kier alpha value is -3.60. The lowest BCUT2D eigenvalue weighted by molar-refractivity contribution is -0.147. The van der Waals surface area contributed by atoms with E-state index >= 15 is 0 Å². The van der Waals surface area contributed by atoms with Crippen molar-refractivity contribution in [2.45, 2.75) is 25.1 Å². The fourth-order valence-electron chi connectivity index (χ4n) is 4.27. The van der Waals surface area contributed by atoms with Gasteiger partial charge in [0.25, 0.3) is 0 Å². The van der Waals surface area contributed by atoms with Gasteiger partial charge in [-0.05, 0) is 29.7 Å². The number of para-hydroxylation sites is 1. The van der Waals surface area contributed by atoms with Crippen LogP contribution in [0.25, 0.3) is 0 Å². The fraction of sp³-hybridized carbons (Fsp3) is 0.231. The molecule has 0 bridgehead atoms. The fourth-order valence-corrected chi connectivity index (χ4v) is 4.27. The average Bonchev–Trinajstić information content (AvgIpc) is 3.24. The maximum atomic E-state index is 13.2. The molecule has 1 heterocycles. The quantitative estimate of drug-likeness (QED) is 0.553. The van der Waals surface area contributed by atoms with Gasteiger partial charge >= 0.3 is 11.9 Å². The summed E-state index contributed by atoms with van der Waals surface area (Å²) < 4.78 is 10.8. The number of carbonyl (C=O) groups excluding carboxylic acids is 2. The lowest BCUT2D eigenvalue weighted by atomic mass is 9.93. The maximum Gasteiger partial charge on any atom is 0.329 e. The van der Waals surface area contributed by atoms with Crippen LogP contribution >= 0.6 is 0 Å². The molecule has 0 saturated carbocycles. The van der Waals surface area contributed by atoms with Crippen molar-refractivity contribution in [1.82, 2.24) is 0 Å². The van der Waals surface area contributed by atoms with E-state index in [9.17, 15) is 9.59 Å². The first-order valence-electron chi connectivity index (χ1n) is 10.4. The third kappa shape index (κ3) is 4.45. The van der Waals surface area contributed by atoms with Gasteiger partial charge in [-0.25, -0.2) is 4.79 Å². The number of hydrogen-bond donors (Lipinski definition) is 0. The Balaban J connectivity index is 1.69. The number of ether oxygens (including phenoxy) is 2. The van der Waals surface area contributed by atoms with E-state index in [1.54, 1.807) is 0 Å². The van der Waals surface area contributed by atoms with Gasteiger partial charge in [-0.2, -0.15) is 0 Å². The Morgan fingerprint density at radius 1 is 0.839 bits per heavy atom. The van der Waals surface area contributed by atoms with Gasteiger partial charge in [-0.3, -0.25) is 4.79 Å². The van der Waals surface area contributed by atoms with Crippen molar-refractivity contribution in [3.8, 4) is 0 Å². The minimum atomic E-state index is -0.597. The minimum Gasteiger partial charge on any atom is -0.469 e. The predicted molar refractivity (Wildman–Crippen MR) is 118 cm³/mol. The van der Waals surface area contributed by atoms with Crippen LogP contribution in [0.4, 0.5) is 5.69 Å². The molecule has 3 aromatic carbocycles. The van der Waals surface area contributed by atoms with Gasteiger partial charge in [-0.15, -0.1) is 0 Å². The van der Waals surface area contributed by atoms with Crippen molar-refractivity contribution in [3.63, 3.8) is 0 Å². The maximum absolute atomic E-state index is 13.2. The summed E-state index contributed by atoms with van der Waals surface area (Å²) >= 11 is 0. The second kappa shape index (κ2) is 9.47. The third-order valence-corrected chi connectivity index (χ3v) is 5.69. The van der Waals surface area contributed by atoms with Crippen LogP contribution in [-0.2, 0) is 25.7 Å². The largest absolute Gasteiger partial charge is 0.469 e. The van der Waals surface area contributed by atoms with Gasteiger partial charge in [0.2, 0.25) is 0 Å². The summed E-state index contributed by atoms with van der Waals surface area (Å²) in [7, 11) is 1.39. The van der Waals surface area contributed by atoms with Gasteiger partial charge in [0.05, 0.1) is 19.1 Å². The van der Waals surface area contributed by atoms with E-state index in [0.717, 1.165) is 16.8 Å². The molecule has 4 rings (SSSR count). The molecule has 0 unspecified atom stereocenters. The van der Waals surface area contributed by atoms with E-state index in [0.29, 0.717) is 6.42 Å². The SMILES string of the molecule is COC(=O)[C@H]1C[C@H](C(=O)OCc2ccccc2)N(c2ccccc2)[C@H]1c1ccccc1. The van der Waals surface area contributed by atoms with Crippen LogP contribution in [0.2, 0.25) is 0 Å². The first-order chi connectivity index (χ1) is 15.2. The highest BCUT2D eigenvalue weighted by atomic mass is 16.5. The molecular formula is C26H25NO4. The predicted octanol–water partition coefficient (Wildman–Crippen LogP) is 4.54. The normalized spacial score (nSPS) is 20.3. The summed E-state index contributed by atoms with van der Waals surface area (Å²) in [5.74, 6) is -1.16. The molecule has 1 saturated heterocycles. The average molecular weight is 415 g/mol. The Morgan fingerprint density at radius 3 is 2.03 bits per heavy atom. The zero-order valence-corrected chi connectivity index (χ0v) is 17.4. The molecule has 0 aromatic heterocycles. The second-order valence-corrected chi connectivity index (χ2v) is 7.57. The number of rotatable bonds is 6. The third-order valence-electron chi connectivity index (χ3n) is 5.69. The molecule has 1 fully saturated rings. The highest BCUT2D eigenvalue weighted by molar-refractivity contribution is 5.85. The number of methoxy groups -OCH3 is 1. The Bertz CT molecular complexity index is 1010. The summed E-state index contributed by atoms with van der Waals surface area (Å²) in [4.78, 5) is 27.9. The van der Waals surface area contributed by atoms with Gasteiger partial charge in [0.15, 0.2) is 0 Å². The monoisotopic (exact) mass is 415 g/mol. The van der Waals surface area contributed by atoms with Crippen molar-refractivity contribution in [2.75, 3.05) is 12.0 Å². The van der Waals surface area contributed by atoms with Crippen LogP contribution in [-0.4, -0.2) is 25.1 Å². The Kier molecular flexibility index (Phi) is 6.32. The number of esters is 2. The molecule has 5 heteroatoms. The highest BCUT2D eigenvalue weighted by Crippen LogP contribution is 2.45. The molecule has 0 aliphatic carbocycles. The van der Waals surface area contributed by atoms with Crippen molar-refractivity contribution in [1.29, 1.82) is 0 Å². The molecule has 1 aliphatic rings. The topological polar surface area (TPSA) is 55.8 Å². The molecule has 158 valence electrons. The summed E-state index contributed by atoms with van der Waals surface area (Å²) in [6.07, 6.45) is 0.328. The minimum absolute atomic E-state index is 0.192. The summed E-state index contributed by atoms with van der Waals surface area (Å²) in [6, 6.07) is 28.1. The van der Waals surface area contributed by atoms with E-state index in [2.05, 4.69) is 0 Å². The molecule has 31 heavy (non-hydrogen) atoms. The van der Waals surface area contributed by atoms with Gasteiger partial charge in [0, 0.05) is 5.69 Å². The zero-order chi connectivity index (χ0) is 21.6. The number of nitrogens with zero attached hydrogens (tertiary/aromatic N) is 1. The molecule has 3 aromatic rings. The second-order valence-electron chi connectivity index (χ2n) is 7.57. The zero-order valence-electron chi connectivity index (χ0n) is 17.4. The summed E-state index contributed by atoms with van der Waals surface area (Å²) in [5.41, 5.74) is 2.74. The highest BCUT2D eigenvalue weighted by Gasteiger charge is 2.49. The van der Waals surface area contributed by atoms with Crippen LogP contribution in [0.3, 0.4) is 0 Å². The van der Waals surface area contributed by atoms with Gasteiger partial charge < -0.3 is 14.4 Å². The molecule has 0 radical (unpaired) electrons. The lowest BCUT2D eigenvalue weighted by Crippen LogP contribution is -2.39. The van der Waals surface area contributed by atoms with Crippen molar-refractivity contribution in [3.05, 3.63) is 102 Å². The molecule has 0 amide bonds. The number of anilines is 1. The van der Waals surface area contributed by atoms with Crippen LogP contribution in [0.1, 0.15) is 23.6 Å². The van der Waals surface area contributed by atoms with Crippen molar-refractivity contribution in [2.24, 2.45) is 5.92 Å². The molecule has 3 atom stereocenters. The van der Waals surface area contributed by atoms with E-state index in [1.165, 1.54) is 7.11 Å². The number of benzene rings is 3. The molecule has 5 nitrogen and oxygen atoms in total. The van der Waals surface area contributed by atoms with Crippen LogP contribution in [0.15, 0.2) is 91.0 Å². The van der Waals surface area contributed by atoms with Gasteiger partial charge in [-0.1, -0.05) is 78.9 Å². The van der Waals surface area contributed by atoms with E-state index in [4.69, 9.17) is 9.47 Å². The molecule has 0 spiro atoms. The standard InChI is InChI=1S/C26H25NO4/c1-30-25(28)22-17-23(26(29)31-18-19-11-5-2-6-12-19)27(21-15-9-4-10-16-21)24(22)20-13-7-3-8-14-20/h2-16,22-24H,17-18H2,1H3/t22-,23+,24-/m0/s1. The van der Waals surface area contributed by atoms with E-state index in [-0.39, 0.29) is 24.6 Å². The van der Waals surface area contributed by atoms with Crippen molar-refractivity contribution >= 4 is 17.6 Å². The molecular weight excluding hydrogens is 390 g/mol. The van der Waals surface area contributed by atoms with Crippen LogP contribution < -0.4 is 4.90 Å². The first-order valence-corrected chi connectivity index (χ1v) is 10.4. The van der Waals surface area contributed by atoms with E-state index < -0.39 is 12.0 Å². The van der Waals surface area contributed by atoms with E-state index in [1.807, 2.05) is 95.9 Å². The van der Waals surface area contributed by atoms with Crippen LogP contribution in [0, 0.1) is 5.92 Å². The van der Waals surface area contributed by atoms with Gasteiger partial charge in [0.1, 0.15) is 12.6 Å². The smallest absolute Gasteiger partial charge is 0.329 e. The molecule has 0 N–H and O–H groups in total. The number of carbonyl (C=O) groups is 2. The lowest BCUT2D eigenvalue weighted by Gasteiger charge is -2.32. The Morgan fingerprint density at radius 2 is 1.42 bits per heavy atom. The first kappa shape index (κ1) is 20.7. The van der Waals surface area contributed by atoms with Crippen molar-refractivity contribution < 1.29 is 19.1 Å². The van der Waals surface area contributed by atoms with Crippen LogP contribution in [0.5, 0.6) is 0 Å². The molecule has 1 aliphatic heterocycles. The Labute approximate surface area is 182 Å². The number of hydrogen-bond acceptors (Lipinski definition) is 5. The summed E-state index contributed by atoms with van der Waals surface area (Å²) in [5, 5.41) is 0. The summed E-state index contributed by atoms with van der Waals surface area (Å²) in [6.45, 7) is 0.192.